The number of amides is 1. The molecule has 1 aliphatic heterocycles. The Kier molecular flexibility index (Phi) is 6.35. The van der Waals surface area contributed by atoms with Gasteiger partial charge in [-0.15, -0.1) is 0 Å². The van der Waals surface area contributed by atoms with E-state index >= 15 is 0 Å². The molecule has 2 aromatic rings. The van der Waals surface area contributed by atoms with E-state index in [1.54, 1.807) is 12.3 Å². The van der Waals surface area contributed by atoms with E-state index < -0.39 is 0 Å². The number of nitrogens with zero attached hydrogens (tertiary/aromatic N) is 3. The van der Waals surface area contributed by atoms with Gasteiger partial charge in [0.05, 0.1) is 23.0 Å². The zero-order chi connectivity index (χ0) is 18.5. The van der Waals surface area contributed by atoms with Crippen LogP contribution in [-0.2, 0) is 16.1 Å². The van der Waals surface area contributed by atoms with Gasteiger partial charge in [0, 0.05) is 36.9 Å². The molecule has 5 nitrogen and oxygen atoms in total. The van der Waals surface area contributed by atoms with Crippen molar-refractivity contribution in [3.8, 4) is 0 Å². The maximum Gasteiger partial charge on any atom is 0.248 e. The van der Waals surface area contributed by atoms with Crippen molar-refractivity contribution in [2.24, 2.45) is 0 Å². The fraction of sp³-hybridized carbons (Fsp3) is 0.368. The highest BCUT2D eigenvalue weighted by molar-refractivity contribution is 6.36. The Labute approximate surface area is 163 Å². The van der Waals surface area contributed by atoms with E-state index in [-0.39, 0.29) is 18.6 Å². The summed E-state index contributed by atoms with van der Waals surface area (Å²) in [5.41, 5.74) is 1.76. The van der Waals surface area contributed by atoms with Gasteiger partial charge in [0.2, 0.25) is 5.91 Å². The summed E-state index contributed by atoms with van der Waals surface area (Å²) in [6.07, 6.45) is 1.71. The van der Waals surface area contributed by atoms with Crippen LogP contribution in [0.15, 0.2) is 42.6 Å². The molecule has 1 atom stereocenters. The second-order valence-corrected chi connectivity index (χ2v) is 7.14. The lowest BCUT2D eigenvalue weighted by Crippen LogP contribution is -2.55. The standard InChI is InChI=1S/C19H21Cl2N3O2/c1-14-11-23(18-6-5-15(20)10-17(18)21)8-9-24(14)19(25)13-26-12-16-4-2-3-7-22-16/h2-7,10,14H,8-9,11-13H2,1H3. The normalized spacial score (nSPS) is 17.4. The monoisotopic (exact) mass is 393 g/mol. The van der Waals surface area contributed by atoms with Crippen molar-refractivity contribution in [3.63, 3.8) is 0 Å². The van der Waals surface area contributed by atoms with Crippen LogP contribution in [0.25, 0.3) is 0 Å². The van der Waals surface area contributed by atoms with E-state index in [0.717, 1.165) is 17.9 Å². The molecule has 0 spiro atoms. The SMILES string of the molecule is CC1CN(c2ccc(Cl)cc2Cl)CCN1C(=O)COCc1ccccn1. The van der Waals surface area contributed by atoms with E-state index in [2.05, 4.69) is 9.88 Å². The quantitative estimate of drug-likeness (QED) is 0.777. The summed E-state index contributed by atoms with van der Waals surface area (Å²) < 4.78 is 5.52. The Bertz CT molecular complexity index is 758. The number of piperazine rings is 1. The predicted molar refractivity (Wildman–Crippen MR) is 104 cm³/mol. The second kappa shape index (κ2) is 8.71. The van der Waals surface area contributed by atoms with Crippen molar-refractivity contribution in [3.05, 3.63) is 58.3 Å². The van der Waals surface area contributed by atoms with Gasteiger partial charge in [0.25, 0.3) is 0 Å². The molecule has 1 unspecified atom stereocenters. The number of carbonyl (C=O) groups excluding carboxylic acids is 1. The van der Waals surface area contributed by atoms with Gasteiger partial charge < -0.3 is 14.5 Å². The molecule has 0 N–H and O–H groups in total. The Morgan fingerprint density at radius 3 is 2.81 bits per heavy atom. The maximum absolute atomic E-state index is 12.5. The number of pyridine rings is 1. The van der Waals surface area contributed by atoms with Gasteiger partial charge in [-0.1, -0.05) is 29.3 Å². The van der Waals surface area contributed by atoms with Gasteiger partial charge in [-0.2, -0.15) is 0 Å². The summed E-state index contributed by atoms with van der Waals surface area (Å²) in [5.74, 6) is -0.00437. The third-order valence-electron chi connectivity index (χ3n) is 4.40. The summed E-state index contributed by atoms with van der Waals surface area (Å²) >= 11 is 12.3. The molecule has 0 saturated carbocycles. The lowest BCUT2D eigenvalue weighted by Gasteiger charge is -2.41. The average molecular weight is 394 g/mol. The van der Waals surface area contributed by atoms with E-state index in [4.69, 9.17) is 27.9 Å². The molecule has 1 saturated heterocycles. The van der Waals surface area contributed by atoms with Gasteiger partial charge in [-0.3, -0.25) is 9.78 Å². The largest absolute Gasteiger partial charge is 0.366 e. The summed E-state index contributed by atoms with van der Waals surface area (Å²) in [6.45, 7) is 4.49. The van der Waals surface area contributed by atoms with Crippen molar-refractivity contribution in [1.82, 2.24) is 9.88 Å². The highest BCUT2D eigenvalue weighted by atomic mass is 35.5. The topological polar surface area (TPSA) is 45.7 Å². The van der Waals surface area contributed by atoms with E-state index in [1.165, 1.54) is 0 Å². The summed E-state index contributed by atoms with van der Waals surface area (Å²) in [6, 6.07) is 11.2. The molecule has 0 aliphatic carbocycles. The van der Waals surface area contributed by atoms with Crippen LogP contribution in [0.4, 0.5) is 5.69 Å². The van der Waals surface area contributed by atoms with Crippen molar-refractivity contribution in [2.45, 2.75) is 19.6 Å². The minimum Gasteiger partial charge on any atom is -0.366 e. The third kappa shape index (κ3) is 4.67. The first-order valence-corrected chi connectivity index (χ1v) is 9.27. The minimum absolute atomic E-state index is 0.00437. The van der Waals surface area contributed by atoms with E-state index in [1.807, 2.05) is 42.2 Å². The third-order valence-corrected chi connectivity index (χ3v) is 4.94. The molecule has 1 aliphatic rings. The molecule has 7 heteroatoms. The maximum atomic E-state index is 12.5. The Hall–Kier alpha value is -1.82. The van der Waals surface area contributed by atoms with Gasteiger partial charge in [-0.05, 0) is 37.3 Å². The molecular formula is C19H21Cl2N3O2. The van der Waals surface area contributed by atoms with Crippen LogP contribution >= 0.6 is 23.2 Å². The minimum atomic E-state index is -0.00437. The van der Waals surface area contributed by atoms with Crippen molar-refractivity contribution in [1.29, 1.82) is 0 Å². The number of ether oxygens (including phenoxy) is 1. The van der Waals surface area contributed by atoms with Crippen LogP contribution in [-0.4, -0.2) is 48.1 Å². The zero-order valence-corrected chi connectivity index (χ0v) is 16.1. The number of hydrogen-bond acceptors (Lipinski definition) is 4. The van der Waals surface area contributed by atoms with Crippen LogP contribution in [0.2, 0.25) is 10.0 Å². The molecule has 0 radical (unpaired) electrons. The number of benzene rings is 1. The van der Waals surface area contributed by atoms with Crippen LogP contribution in [0.3, 0.4) is 0 Å². The molecular weight excluding hydrogens is 373 g/mol. The molecule has 1 fully saturated rings. The van der Waals surface area contributed by atoms with Crippen molar-refractivity contribution < 1.29 is 9.53 Å². The molecule has 1 aromatic carbocycles. The molecule has 138 valence electrons. The first-order valence-electron chi connectivity index (χ1n) is 8.51. The smallest absolute Gasteiger partial charge is 0.248 e. The van der Waals surface area contributed by atoms with Gasteiger partial charge in [0.15, 0.2) is 0 Å². The molecule has 1 aromatic heterocycles. The number of aromatic nitrogens is 1. The summed E-state index contributed by atoms with van der Waals surface area (Å²) in [5, 5.41) is 1.24. The molecule has 1 amide bonds. The lowest BCUT2D eigenvalue weighted by atomic mass is 10.1. The van der Waals surface area contributed by atoms with Crippen LogP contribution < -0.4 is 4.90 Å². The Balaban J connectivity index is 1.52. The number of halogens is 2. The van der Waals surface area contributed by atoms with Gasteiger partial charge in [0.1, 0.15) is 6.61 Å². The fourth-order valence-electron chi connectivity index (χ4n) is 3.09. The van der Waals surface area contributed by atoms with E-state index in [0.29, 0.717) is 29.7 Å². The average Bonchev–Trinajstić information content (AvgIpc) is 2.62. The number of hydrogen-bond donors (Lipinski definition) is 0. The first-order chi connectivity index (χ1) is 12.5. The molecule has 0 bridgehead atoms. The highest BCUT2D eigenvalue weighted by Crippen LogP contribution is 2.30. The summed E-state index contributed by atoms with van der Waals surface area (Å²) in [7, 11) is 0. The van der Waals surface area contributed by atoms with Crippen molar-refractivity contribution in [2.75, 3.05) is 31.1 Å². The van der Waals surface area contributed by atoms with Gasteiger partial charge in [-0.25, -0.2) is 0 Å². The predicted octanol–water partition coefficient (Wildman–Crippen LogP) is 3.64. The lowest BCUT2D eigenvalue weighted by molar-refractivity contribution is -0.139. The van der Waals surface area contributed by atoms with Crippen LogP contribution in [0, 0.1) is 0 Å². The zero-order valence-electron chi connectivity index (χ0n) is 14.6. The Morgan fingerprint density at radius 2 is 2.12 bits per heavy atom. The van der Waals surface area contributed by atoms with Gasteiger partial charge >= 0.3 is 0 Å². The Morgan fingerprint density at radius 1 is 1.27 bits per heavy atom. The number of anilines is 1. The van der Waals surface area contributed by atoms with Crippen LogP contribution in [0.5, 0.6) is 0 Å². The fourth-order valence-corrected chi connectivity index (χ4v) is 3.62. The molecule has 3 rings (SSSR count). The molecule has 26 heavy (non-hydrogen) atoms. The van der Waals surface area contributed by atoms with Crippen molar-refractivity contribution >= 4 is 34.8 Å². The number of carbonyl (C=O) groups is 1. The summed E-state index contributed by atoms with van der Waals surface area (Å²) in [4.78, 5) is 20.7. The van der Waals surface area contributed by atoms with E-state index in [9.17, 15) is 4.79 Å². The molecule has 2 heterocycles. The first kappa shape index (κ1) is 19.0. The van der Waals surface area contributed by atoms with Crippen LogP contribution in [0.1, 0.15) is 12.6 Å². The highest BCUT2D eigenvalue weighted by Gasteiger charge is 2.28. The number of rotatable bonds is 5. The second-order valence-electron chi connectivity index (χ2n) is 6.29.